The standard InChI is InChI=1S/C24H34N5O4/c1-4-17-10-9-11-19(14-17)33-16-18(30)15-29-20-21(26(2)24(32)27(3)22(20)31)25-23(29)28-12-7-5-6-8-13-28/h9-11,14,18,20,30H,4-8,12-13,15-16H2,1-3H3/q+1. The first-order chi connectivity index (χ1) is 15.9. The number of hydrogen-bond donors (Lipinski definition) is 1. The second-order valence-corrected chi connectivity index (χ2v) is 8.93. The van der Waals surface area contributed by atoms with Crippen molar-refractivity contribution < 1.29 is 24.0 Å². The van der Waals surface area contributed by atoms with Gasteiger partial charge >= 0.3 is 12.0 Å². The van der Waals surface area contributed by atoms with Gasteiger partial charge in [-0.25, -0.2) is 9.69 Å². The van der Waals surface area contributed by atoms with E-state index in [0.29, 0.717) is 17.5 Å². The second kappa shape index (κ2) is 9.91. The minimum absolute atomic E-state index is 0.0950. The van der Waals surface area contributed by atoms with Crippen molar-refractivity contribution in [2.75, 3.05) is 40.3 Å². The number of amidine groups is 1. The van der Waals surface area contributed by atoms with Crippen molar-refractivity contribution in [3.63, 3.8) is 0 Å². The highest BCUT2D eigenvalue weighted by molar-refractivity contribution is 6.25. The second-order valence-electron chi connectivity index (χ2n) is 8.93. The summed E-state index contributed by atoms with van der Waals surface area (Å²) in [7, 11) is 3.13. The number of urea groups is 1. The number of imide groups is 1. The summed E-state index contributed by atoms with van der Waals surface area (Å²) in [5.41, 5.74) is 1.17. The Morgan fingerprint density at radius 3 is 2.58 bits per heavy atom. The average Bonchev–Trinajstić information content (AvgIpc) is 2.99. The molecule has 0 spiro atoms. The molecule has 3 aliphatic rings. The molecule has 0 saturated carbocycles. The number of fused-ring (bicyclic) bond motifs is 1. The van der Waals surface area contributed by atoms with E-state index in [1.807, 2.05) is 29.2 Å². The molecule has 2 unspecified atom stereocenters. The summed E-state index contributed by atoms with van der Waals surface area (Å²) in [5.74, 6) is 1.46. The van der Waals surface area contributed by atoms with E-state index in [-0.39, 0.29) is 19.1 Å². The van der Waals surface area contributed by atoms with Gasteiger partial charge in [-0.15, -0.1) is 0 Å². The fraction of sp³-hybridized carbons (Fsp3) is 0.583. The summed E-state index contributed by atoms with van der Waals surface area (Å²) < 4.78 is 8.03. The van der Waals surface area contributed by atoms with Crippen molar-refractivity contribution in [3.05, 3.63) is 29.8 Å². The van der Waals surface area contributed by atoms with E-state index in [0.717, 1.165) is 50.1 Å². The Morgan fingerprint density at radius 1 is 1.15 bits per heavy atom. The number of β-amino-alcohol motifs (C(OH)–C–C–N with tert-alkyl or cyclic N) is 1. The van der Waals surface area contributed by atoms with Crippen LogP contribution in [0.5, 0.6) is 5.75 Å². The van der Waals surface area contributed by atoms with Crippen LogP contribution in [0.4, 0.5) is 4.79 Å². The van der Waals surface area contributed by atoms with Gasteiger partial charge in [0.25, 0.3) is 5.91 Å². The molecule has 1 aromatic carbocycles. The van der Waals surface area contributed by atoms with E-state index in [2.05, 4.69) is 11.5 Å². The number of rotatable bonds is 6. The van der Waals surface area contributed by atoms with Crippen LogP contribution < -0.4 is 4.74 Å². The van der Waals surface area contributed by atoms with Crippen molar-refractivity contribution >= 4 is 23.7 Å². The third-order valence-electron chi connectivity index (χ3n) is 6.56. The molecule has 0 aliphatic carbocycles. The zero-order chi connectivity index (χ0) is 23.5. The van der Waals surface area contributed by atoms with Gasteiger partial charge in [-0.3, -0.25) is 19.2 Å². The molecular weight excluding hydrogens is 422 g/mol. The molecule has 4 rings (SSSR count). The number of carbonyl (C=O) groups is 2. The minimum Gasteiger partial charge on any atom is -0.491 e. The van der Waals surface area contributed by atoms with Crippen molar-refractivity contribution in [2.24, 2.45) is 4.99 Å². The number of carbonyl (C=O) groups excluding carboxylic acids is 2. The maximum Gasteiger partial charge on any atom is 0.392 e. The molecular formula is C24H34N5O4+. The molecule has 0 aromatic heterocycles. The Hall–Kier alpha value is -2.94. The molecule has 1 N–H and O–H groups in total. The van der Waals surface area contributed by atoms with Crippen molar-refractivity contribution in [1.29, 1.82) is 0 Å². The Kier molecular flexibility index (Phi) is 6.97. The highest BCUT2D eigenvalue weighted by atomic mass is 16.5. The Balaban J connectivity index is 1.57. The number of aliphatic hydroxyl groups is 1. The first-order valence-corrected chi connectivity index (χ1v) is 11.8. The smallest absolute Gasteiger partial charge is 0.392 e. The number of guanidine groups is 1. The third kappa shape index (κ3) is 4.73. The molecule has 0 bridgehead atoms. The SMILES string of the molecule is CCc1cccc(OCC(O)CN2C(=[N+]3CCCCCC3)N=C3C2C(=O)N(C)C(=O)N3C)c1. The predicted molar refractivity (Wildman–Crippen MR) is 125 cm³/mol. The number of hydrogen-bond acceptors (Lipinski definition) is 4. The highest BCUT2D eigenvalue weighted by Gasteiger charge is 2.55. The molecule has 2 fully saturated rings. The number of benzene rings is 1. The number of aliphatic imine (C=N–C) groups is 1. The first-order valence-electron chi connectivity index (χ1n) is 11.8. The van der Waals surface area contributed by atoms with E-state index in [4.69, 9.17) is 9.73 Å². The van der Waals surface area contributed by atoms with Crippen LogP contribution in [-0.2, 0) is 11.2 Å². The highest BCUT2D eigenvalue weighted by Crippen LogP contribution is 2.24. The molecule has 9 heteroatoms. The minimum atomic E-state index is -0.840. The van der Waals surface area contributed by atoms with Crippen LogP contribution >= 0.6 is 0 Å². The fourth-order valence-corrected chi connectivity index (χ4v) is 4.62. The molecule has 9 nitrogen and oxygen atoms in total. The maximum atomic E-state index is 13.1. The lowest BCUT2D eigenvalue weighted by atomic mass is 10.1. The van der Waals surface area contributed by atoms with E-state index >= 15 is 0 Å². The van der Waals surface area contributed by atoms with Gasteiger partial charge in [-0.05, 0) is 37.0 Å². The molecule has 33 heavy (non-hydrogen) atoms. The molecule has 3 heterocycles. The van der Waals surface area contributed by atoms with E-state index in [9.17, 15) is 14.7 Å². The van der Waals surface area contributed by atoms with Gasteiger partial charge in [0.15, 0.2) is 0 Å². The normalized spacial score (nSPS) is 22.4. The van der Waals surface area contributed by atoms with Gasteiger partial charge in [0.1, 0.15) is 18.5 Å². The fourth-order valence-electron chi connectivity index (χ4n) is 4.62. The van der Waals surface area contributed by atoms with Crippen molar-refractivity contribution in [1.82, 2.24) is 14.7 Å². The molecule has 2 atom stereocenters. The number of aliphatic hydroxyl groups excluding tert-OH is 1. The molecule has 178 valence electrons. The van der Waals surface area contributed by atoms with Crippen LogP contribution in [0.25, 0.3) is 0 Å². The number of aryl methyl sites for hydroxylation is 1. The number of amides is 3. The Morgan fingerprint density at radius 2 is 1.88 bits per heavy atom. The lowest BCUT2D eigenvalue weighted by Crippen LogP contribution is -2.63. The predicted octanol–water partition coefficient (Wildman–Crippen LogP) is 1.54. The van der Waals surface area contributed by atoms with E-state index in [1.54, 1.807) is 7.05 Å². The quantitative estimate of drug-likeness (QED) is 0.656. The molecule has 0 radical (unpaired) electrons. The first kappa shape index (κ1) is 23.2. The van der Waals surface area contributed by atoms with Gasteiger partial charge in [-0.2, -0.15) is 0 Å². The van der Waals surface area contributed by atoms with E-state index < -0.39 is 18.2 Å². The largest absolute Gasteiger partial charge is 0.491 e. The summed E-state index contributed by atoms with van der Waals surface area (Å²) in [6, 6.07) is 6.70. The Bertz CT molecular complexity index is 965. The summed E-state index contributed by atoms with van der Waals surface area (Å²) in [4.78, 5) is 34.8. The van der Waals surface area contributed by atoms with Gasteiger partial charge in [0, 0.05) is 14.1 Å². The third-order valence-corrected chi connectivity index (χ3v) is 6.56. The molecule has 3 aliphatic heterocycles. The van der Waals surface area contributed by atoms with Crippen LogP contribution in [0.2, 0.25) is 0 Å². The van der Waals surface area contributed by atoms with Gasteiger partial charge in [0.05, 0.1) is 19.6 Å². The van der Waals surface area contributed by atoms with Crippen molar-refractivity contribution in [3.8, 4) is 5.75 Å². The lowest BCUT2D eigenvalue weighted by Gasteiger charge is -2.33. The zero-order valence-corrected chi connectivity index (χ0v) is 19.7. The summed E-state index contributed by atoms with van der Waals surface area (Å²) in [6.45, 7) is 4.04. The van der Waals surface area contributed by atoms with Crippen LogP contribution in [-0.4, -0.2) is 101 Å². The number of ether oxygens (including phenoxy) is 1. The van der Waals surface area contributed by atoms with Crippen LogP contribution in [0.3, 0.4) is 0 Å². The van der Waals surface area contributed by atoms with Crippen LogP contribution in [0.1, 0.15) is 38.2 Å². The number of likely N-dealkylation sites (N-methyl/N-ethyl adjacent to an activating group) is 2. The Labute approximate surface area is 194 Å². The van der Waals surface area contributed by atoms with Crippen LogP contribution in [0.15, 0.2) is 29.3 Å². The zero-order valence-electron chi connectivity index (χ0n) is 19.7. The lowest BCUT2D eigenvalue weighted by molar-refractivity contribution is -0.531. The van der Waals surface area contributed by atoms with Gasteiger partial charge < -0.3 is 9.84 Å². The monoisotopic (exact) mass is 456 g/mol. The number of nitrogens with zero attached hydrogens (tertiary/aromatic N) is 5. The molecule has 2 saturated heterocycles. The summed E-state index contributed by atoms with van der Waals surface area (Å²) >= 11 is 0. The molecule has 1 aromatic rings. The summed E-state index contributed by atoms with van der Waals surface area (Å²) in [5, 5.41) is 10.9. The topological polar surface area (TPSA) is 88.7 Å². The maximum absolute atomic E-state index is 13.1. The molecule has 3 amide bonds. The van der Waals surface area contributed by atoms with Gasteiger partial charge in [-0.1, -0.05) is 36.9 Å². The van der Waals surface area contributed by atoms with Crippen LogP contribution in [0, 0.1) is 0 Å². The summed E-state index contributed by atoms with van der Waals surface area (Å²) in [6.07, 6.45) is 4.50. The van der Waals surface area contributed by atoms with Crippen molar-refractivity contribution in [2.45, 2.75) is 51.2 Å². The van der Waals surface area contributed by atoms with E-state index in [1.165, 1.54) is 17.5 Å². The van der Waals surface area contributed by atoms with Gasteiger partial charge in [0.2, 0.25) is 11.9 Å². The average molecular weight is 457 g/mol.